The van der Waals surface area contributed by atoms with Gasteiger partial charge < -0.3 is 19.9 Å². The summed E-state index contributed by atoms with van der Waals surface area (Å²) >= 11 is 0. The molecule has 1 amide bonds. The third-order valence-electron chi connectivity index (χ3n) is 7.85. The number of rotatable bonds is 30. The lowest BCUT2D eigenvalue weighted by atomic mass is 9.84. The first-order valence-electron chi connectivity index (χ1n) is 16.9. The van der Waals surface area contributed by atoms with Crippen LogP contribution >= 0.6 is 0 Å². The fourth-order valence-electron chi connectivity index (χ4n) is 5.92. The lowest BCUT2D eigenvalue weighted by Gasteiger charge is -2.41. The molecular formula is C33H67NO7S. The van der Waals surface area contributed by atoms with Crippen LogP contribution in [0.5, 0.6) is 0 Å². The van der Waals surface area contributed by atoms with Crippen LogP contribution in [0.4, 0.5) is 4.79 Å². The first kappa shape index (κ1) is 41.1. The number of unbranched alkanes of at least 4 members (excludes halogenated alkanes) is 16. The Kier molecular flexibility index (Phi) is 24.9. The van der Waals surface area contributed by atoms with Gasteiger partial charge in [-0.1, -0.05) is 124 Å². The number of primary amides is 1. The quantitative estimate of drug-likeness (QED) is 0.0630. The number of ether oxygens (including phenoxy) is 3. The molecule has 0 fully saturated rings. The standard InChI is InChI=1S/C33H67NO7S/c1-7-8-9-10-11-12-13-14-15-16-17-19-22-25-30(31(38-5)33(4,28-29(2)3)41-32(34)35)39-26-23-20-18-21-24-27-40-42(6,36)37/h29-31H,7-28H2,1-6H3,(H2,34,35). The van der Waals surface area contributed by atoms with E-state index in [-0.39, 0.29) is 18.6 Å². The van der Waals surface area contributed by atoms with Gasteiger partial charge in [0.15, 0.2) is 0 Å². The van der Waals surface area contributed by atoms with Gasteiger partial charge in [0.1, 0.15) is 11.7 Å². The van der Waals surface area contributed by atoms with Gasteiger partial charge in [0.2, 0.25) is 0 Å². The summed E-state index contributed by atoms with van der Waals surface area (Å²) in [5.74, 6) is 0.288. The summed E-state index contributed by atoms with van der Waals surface area (Å²) in [7, 11) is -1.71. The molecule has 0 rings (SSSR count). The molecule has 42 heavy (non-hydrogen) atoms. The second-order valence-electron chi connectivity index (χ2n) is 12.7. The monoisotopic (exact) mass is 621 g/mol. The fourth-order valence-corrected chi connectivity index (χ4v) is 6.34. The van der Waals surface area contributed by atoms with E-state index in [4.69, 9.17) is 24.1 Å². The number of hydrogen-bond acceptors (Lipinski definition) is 7. The zero-order valence-electron chi connectivity index (χ0n) is 28.1. The van der Waals surface area contributed by atoms with Crippen molar-refractivity contribution in [2.75, 3.05) is 26.6 Å². The minimum Gasteiger partial charge on any atom is -0.441 e. The SMILES string of the molecule is CCCCCCCCCCCCCCCC(OCCCCCCCOS(C)(=O)=O)C(OC)C(C)(CC(C)C)OC(N)=O. The molecule has 0 aliphatic heterocycles. The molecule has 3 unspecified atom stereocenters. The lowest BCUT2D eigenvalue weighted by Crippen LogP contribution is -2.53. The predicted molar refractivity (Wildman–Crippen MR) is 173 cm³/mol. The molecule has 3 atom stereocenters. The number of methoxy groups -OCH3 is 1. The fraction of sp³-hybridized carbons (Fsp3) is 0.970. The third kappa shape index (κ3) is 23.5. The van der Waals surface area contributed by atoms with Gasteiger partial charge in [-0.15, -0.1) is 0 Å². The van der Waals surface area contributed by atoms with Crippen molar-refractivity contribution in [3.8, 4) is 0 Å². The van der Waals surface area contributed by atoms with Crippen LogP contribution in [0.1, 0.15) is 156 Å². The van der Waals surface area contributed by atoms with Crippen LogP contribution in [0, 0.1) is 5.92 Å². The molecule has 0 saturated heterocycles. The molecule has 0 spiro atoms. The second-order valence-corrected chi connectivity index (χ2v) is 14.4. The maximum Gasteiger partial charge on any atom is 0.405 e. The number of nitrogens with two attached hydrogens (primary N) is 1. The molecule has 8 nitrogen and oxygen atoms in total. The largest absolute Gasteiger partial charge is 0.441 e. The van der Waals surface area contributed by atoms with E-state index in [1.807, 2.05) is 6.92 Å². The molecule has 0 radical (unpaired) electrons. The Bertz CT molecular complexity index is 747. The van der Waals surface area contributed by atoms with Crippen molar-refractivity contribution in [3.63, 3.8) is 0 Å². The van der Waals surface area contributed by atoms with Crippen LogP contribution in [-0.4, -0.2) is 58.9 Å². The Balaban J connectivity index is 4.70. The average Bonchev–Trinajstić information content (AvgIpc) is 2.88. The van der Waals surface area contributed by atoms with Gasteiger partial charge in [-0.05, 0) is 38.5 Å². The molecule has 0 bridgehead atoms. The molecule has 0 aromatic heterocycles. The van der Waals surface area contributed by atoms with Gasteiger partial charge in [0, 0.05) is 13.7 Å². The van der Waals surface area contributed by atoms with E-state index in [0.29, 0.717) is 13.0 Å². The van der Waals surface area contributed by atoms with Crippen LogP contribution < -0.4 is 5.73 Å². The maximum absolute atomic E-state index is 11.8. The Morgan fingerprint density at radius 3 is 1.64 bits per heavy atom. The molecule has 0 aromatic carbocycles. The van der Waals surface area contributed by atoms with E-state index in [1.165, 1.54) is 70.6 Å². The van der Waals surface area contributed by atoms with E-state index in [1.54, 1.807) is 7.11 Å². The highest BCUT2D eigenvalue weighted by atomic mass is 32.2. The highest BCUT2D eigenvalue weighted by Crippen LogP contribution is 2.32. The van der Waals surface area contributed by atoms with E-state index in [0.717, 1.165) is 57.6 Å². The zero-order chi connectivity index (χ0) is 31.7. The smallest absolute Gasteiger partial charge is 0.405 e. The van der Waals surface area contributed by atoms with Crippen molar-refractivity contribution in [1.29, 1.82) is 0 Å². The summed E-state index contributed by atoms with van der Waals surface area (Å²) < 4.78 is 45.0. The van der Waals surface area contributed by atoms with Crippen molar-refractivity contribution in [3.05, 3.63) is 0 Å². The Morgan fingerprint density at radius 1 is 0.762 bits per heavy atom. The molecule has 0 aliphatic rings. The molecule has 0 saturated carbocycles. The highest BCUT2D eigenvalue weighted by Gasteiger charge is 2.43. The van der Waals surface area contributed by atoms with Gasteiger partial charge in [-0.2, -0.15) is 8.42 Å². The number of carbonyl (C=O) groups excluding carboxylic acids is 1. The van der Waals surface area contributed by atoms with Crippen molar-refractivity contribution in [1.82, 2.24) is 0 Å². The molecule has 9 heteroatoms. The van der Waals surface area contributed by atoms with Gasteiger partial charge in [-0.3, -0.25) is 4.18 Å². The summed E-state index contributed by atoms with van der Waals surface area (Å²) in [5, 5.41) is 0. The highest BCUT2D eigenvalue weighted by molar-refractivity contribution is 7.85. The summed E-state index contributed by atoms with van der Waals surface area (Å²) in [6, 6.07) is 0. The van der Waals surface area contributed by atoms with Crippen LogP contribution in [-0.2, 0) is 28.5 Å². The summed E-state index contributed by atoms with van der Waals surface area (Å²) in [6.07, 6.45) is 22.6. The Hall–Kier alpha value is -0.900. The van der Waals surface area contributed by atoms with E-state index < -0.39 is 27.9 Å². The molecule has 252 valence electrons. The van der Waals surface area contributed by atoms with Gasteiger partial charge in [0.05, 0.1) is 19.0 Å². The Labute approximate surface area is 259 Å². The van der Waals surface area contributed by atoms with E-state index >= 15 is 0 Å². The van der Waals surface area contributed by atoms with Crippen molar-refractivity contribution in [2.24, 2.45) is 11.7 Å². The molecule has 0 aromatic rings. The van der Waals surface area contributed by atoms with Crippen LogP contribution in [0.3, 0.4) is 0 Å². The summed E-state index contributed by atoms with van der Waals surface area (Å²) in [6.45, 7) is 9.20. The van der Waals surface area contributed by atoms with Gasteiger partial charge >= 0.3 is 6.09 Å². The number of amides is 1. The second kappa shape index (κ2) is 25.4. The van der Waals surface area contributed by atoms with Crippen molar-refractivity contribution < 1.29 is 31.6 Å². The van der Waals surface area contributed by atoms with Crippen LogP contribution in [0.2, 0.25) is 0 Å². The van der Waals surface area contributed by atoms with Crippen LogP contribution in [0.15, 0.2) is 0 Å². The lowest BCUT2D eigenvalue weighted by molar-refractivity contribution is -0.158. The zero-order valence-corrected chi connectivity index (χ0v) is 28.9. The topological polar surface area (TPSA) is 114 Å². The molecular weight excluding hydrogens is 554 g/mol. The predicted octanol–water partition coefficient (Wildman–Crippen LogP) is 8.69. The van der Waals surface area contributed by atoms with Gasteiger partial charge in [0.25, 0.3) is 10.1 Å². The minimum atomic E-state index is -3.37. The molecule has 0 heterocycles. The summed E-state index contributed by atoms with van der Waals surface area (Å²) in [5.41, 5.74) is 4.61. The first-order valence-corrected chi connectivity index (χ1v) is 18.7. The normalized spacial score (nSPS) is 15.0. The van der Waals surface area contributed by atoms with E-state index in [2.05, 4.69) is 20.8 Å². The third-order valence-corrected chi connectivity index (χ3v) is 8.45. The minimum absolute atomic E-state index is 0.200. The summed E-state index contributed by atoms with van der Waals surface area (Å²) in [4.78, 5) is 11.8. The van der Waals surface area contributed by atoms with Crippen LogP contribution in [0.25, 0.3) is 0 Å². The average molecular weight is 622 g/mol. The first-order chi connectivity index (χ1) is 19.9. The maximum atomic E-state index is 11.8. The molecule has 2 N–H and O–H groups in total. The number of carbonyl (C=O) groups is 1. The van der Waals surface area contributed by atoms with Crippen molar-refractivity contribution >= 4 is 16.2 Å². The van der Waals surface area contributed by atoms with Gasteiger partial charge in [-0.25, -0.2) is 4.79 Å². The Morgan fingerprint density at radius 2 is 1.21 bits per heavy atom. The number of hydrogen-bond donors (Lipinski definition) is 1. The molecule has 0 aliphatic carbocycles. The van der Waals surface area contributed by atoms with Crippen molar-refractivity contribution in [2.45, 2.75) is 174 Å². The van der Waals surface area contributed by atoms with E-state index in [9.17, 15) is 13.2 Å².